The molecule has 19 heavy (non-hydrogen) atoms. The third-order valence-corrected chi connectivity index (χ3v) is 4.47. The van der Waals surface area contributed by atoms with E-state index in [2.05, 4.69) is 14.5 Å². The minimum absolute atomic E-state index is 0.0201. The maximum atomic E-state index is 8.82. The number of nitrogens with two attached hydrogens (primary N) is 1. The highest BCUT2D eigenvalue weighted by molar-refractivity contribution is 8.01. The molecule has 100 valence electrons. The molecule has 0 atom stereocenters. The highest BCUT2D eigenvalue weighted by atomic mass is 35.5. The first-order chi connectivity index (χ1) is 9.15. The lowest BCUT2D eigenvalue weighted by molar-refractivity contribution is 0.318. The number of nitrogens with zero attached hydrogens (tertiary/aromatic N) is 3. The van der Waals surface area contributed by atoms with Crippen molar-refractivity contribution in [2.24, 2.45) is 10.9 Å². The smallest absolute Gasteiger partial charge is 0.174 e. The fourth-order valence-corrected chi connectivity index (χ4v) is 3.56. The van der Waals surface area contributed by atoms with E-state index in [9.17, 15) is 0 Å². The van der Waals surface area contributed by atoms with Gasteiger partial charge < -0.3 is 10.9 Å². The molecule has 0 fully saturated rings. The van der Waals surface area contributed by atoms with Crippen LogP contribution in [0.1, 0.15) is 18.3 Å². The van der Waals surface area contributed by atoms with Gasteiger partial charge in [0, 0.05) is 11.3 Å². The summed E-state index contributed by atoms with van der Waals surface area (Å²) >= 11 is 8.80. The van der Waals surface area contributed by atoms with Crippen molar-refractivity contribution in [1.82, 2.24) is 9.36 Å². The first kappa shape index (κ1) is 14.1. The van der Waals surface area contributed by atoms with E-state index in [0.717, 1.165) is 21.5 Å². The van der Waals surface area contributed by atoms with Crippen LogP contribution in [0.5, 0.6) is 0 Å². The van der Waals surface area contributed by atoms with E-state index in [1.807, 2.05) is 13.0 Å². The van der Waals surface area contributed by atoms with Crippen LogP contribution in [0.25, 0.3) is 0 Å². The highest BCUT2D eigenvalue weighted by Crippen LogP contribution is 2.34. The van der Waals surface area contributed by atoms with Gasteiger partial charge in [0.25, 0.3) is 0 Å². The Bertz CT molecular complexity index is 614. The van der Waals surface area contributed by atoms with Crippen molar-refractivity contribution in [3.63, 3.8) is 0 Å². The Hall–Kier alpha value is -1.31. The molecule has 0 spiro atoms. The van der Waals surface area contributed by atoms with Crippen LogP contribution in [0.15, 0.2) is 32.6 Å². The number of hydrogen-bond donors (Lipinski definition) is 2. The van der Waals surface area contributed by atoms with Crippen LogP contribution in [0, 0.1) is 0 Å². The van der Waals surface area contributed by atoms with E-state index in [4.69, 9.17) is 22.5 Å². The monoisotopic (exact) mass is 314 g/mol. The molecule has 2 aromatic rings. The Balaban J connectivity index is 2.37. The summed E-state index contributed by atoms with van der Waals surface area (Å²) in [5.74, 6) is 0.785. The number of halogens is 1. The lowest BCUT2D eigenvalue weighted by atomic mass is 10.2. The molecule has 5 nitrogen and oxygen atoms in total. The molecule has 3 N–H and O–H groups in total. The van der Waals surface area contributed by atoms with Gasteiger partial charge in [-0.15, -0.1) is 0 Å². The molecule has 0 saturated heterocycles. The van der Waals surface area contributed by atoms with Gasteiger partial charge in [0.15, 0.2) is 10.2 Å². The van der Waals surface area contributed by atoms with Crippen LogP contribution in [0.4, 0.5) is 0 Å². The first-order valence-electron chi connectivity index (χ1n) is 5.42. The molecule has 0 unspecified atom stereocenters. The molecule has 8 heteroatoms. The van der Waals surface area contributed by atoms with Crippen molar-refractivity contribution in [3.05, 3.63) is 34.6 Å². The minimum Gasteiger partial charge on any atom is -0.409 e. The molecule has 0 bridgehead atoms. The fraction of sp³-hybridized carbons (Fsp3) is 0.182. The second-order valence-electron chi connectivity index (χ2n) is 3.53. The molecule has 0 radical (unpaired) electrons. The van der Waals surface area contributed by atoms with Crippen molar-refractivity contribution < 1.29 is 5.21 Å². The zero-order valence-electron chi connectivity index (χ0n) is 10.00. The van der Waals surface area contributed by atoms with Gasteiger partial charge in [-0.1, -0.05) is 41.5 Å². The van der Waals surface area contributed by atoms with Gasteiger partial charge in [0.2, 0.25) is 0 Å². The average molecular weight is 315 g/mol. The summed E-state index contributed by atoms with van der Waals surface area (Å²) in [5.41, 5.74) is 6.16. The van der Waals surface area contributed by atoms with E-state index >= 15 is 0 Å². The standard InChI is InChI=1S/C11H11ClN4OS2/c1-2-8-14-11(19-16-8)18-7-5-3-4-6(12)9(7)10(13)15-17/h3-5,17H,2H2,1H3,(H2,13,15). The van der Waals surface area contributed by atoms with Crippen LogP contribution in [0.2, 0.25) is 5.02 Å². The highest BCUT2D eigenvalue weighted by Gasteiger charge is 2.14. The van der Waals surface area contributed by atoms with Gasteiger partial charge in [-0.05, 0) is 23.7 Å². The molecule has 1 aromatic heterocycles. The van der Waals surface area contributed by atoms with E-state index in [1.165, 1.54) is 23.3 Å². The number of oxime groups is 1. The molecule has 0 amide bonds. The molecular weight excluding hydrogens is 304 g/mol. The Kier molecular flexibility index (Phi) is 4.62. The zero-order chi connectivity index (χ0) is 13.8. The van der Waals surface area contributed by atoms with Crippen molar-refractivity contribution in [2.75, 3.05) is 0 Å². The van der Waals surface area contributed by atoms with Crippen molar-refractivity contribution in [2.45, 2.75) is 22.6 Å². The van der Waals surface area contributed by atoms with E-state index in [-0.39, 0.29) is 5.84 Å². The number of aromatic nitrogens is 2. The number of amidine groups is 1. The van der Waals surface area contributed by atoms with Gasteiger partial charge in [-0.3, -0.25) is 0 Å². The summed E-state index contributed by atoms with van der Waals surface area (Å²) in [4.78, 5) is 5.14. The average Bonchev–Trinajstić information content (AvgIpc) is 2.86. The minimum atomic E-state index is -0.0201. The van der Waals surface area contributed by atoms with E-state index in [0.29, 0.717) is 10.6 Å². The van der Waals surface area contributed by atoms with Crippen molar-refractivity contribution in [1.29, 1.82) is 0 Å². The largest absolute Gasteiger partial charge is 0.409 e. The lowest BCUT2D eigenvalue weighted by Crippen LogP contribution is -2.14. The third kappa shape index (κ3) is 3.17. The normalized spacial score (nSPS) is 11.8. The second kappa shape index (κ2) is 6.23. The van der Waals surface area contributed by atoms with Gasteiger partial charge in [0.05, 0.1) is 10.6 Å². The van der Waals surface area contributed by atoms with Crippen LogP contribution in [-0.4, -0.2) is 20.4 Å². The third-order valence-electron chi connectivity index (χ3n) is 2.30. The summed E-state index contributed by atoms with van der Waals surface area (Å²) in [6, 6.07) is 5.34. The summed E-state index contributed by atoms with van der Waals surface area (Å²) in [6.07, 6.45) is 0.791. The van der Waals surface area contributed by atoms with Crippen molar-refractivity contribution in [3.8, 4) is 0 Å². The Morgan fingerprint density at radius 2 is 2.37 bits per heavy atom. The van der Waals surface area contributed by atoms with Crippen LogP contribution in [0.3, 0.4) is 0 Å². The number of aryl methyl sites for hydroxylation is 1. The SMILES string of the molecule is CCc1nsc(Sc2cccc(Cl)c2C(N)=NO)n1. The van der Waals surface area contributed by atoms with E-state index < -0.39 is 0 Å². The predicted octanol–water partition coefficient (Wildman–Crippen LogP) is 3.00. The van der Waals surface area contributed by atoms with Gasteiger partial charge >= 0.3 is 0 Å². The second-order valence-corrected chi connectivity index (χ2v) is 5.98. The molecule has 0 aliphatic rings. The molecule has 0 aliphatic heterocycles. The van der Waals surface area contributed by atoms with Crippen LogP contribution < -0.4 is 5.73 Å². The quantitative estimate of drug-likeness (QED) is 0.392. The maximum absolute atomic E-state index is 8.82. The number of rotatable bonds is 4. The molecule has 0 saturated carbocycles. The molecule has 1 aromatic carbocycles. The van der Waals surface area contributed by atoms with E-state index in [1.54, 1.807) is 12.1 Å². The molecule has 2 rings (SSSR count). The van der Waals surface area contributed by atoms with Crippen molar-refractivity contribution >= 4 is 40.7 Å². The molecular formula is C11H11ClN4OS2. The topological polar surface area (TPSA) is 84.4 Å². The fourth-order valence-electron chi connectivity index (χ4n) is 1.41. The van der Waals surface area contributed by atoms with Crippen LogP contribution in [-0.2, 0) is 6.42 Å². The lowest BCUT2D eigenvalue weighted by Gasteiger charge is -2.07. The summed E-state index contributed by atoms with van der Waals surface area (Å²) in [6.45, 7) is 2.00. The first-order valence-corrected chi connectivity index (χ1v) is 7.39. The summed E-state index contributed by atoms with van der Waals surface area (Å²) < 4.78 is 5.01. The Morgan fingerprint density at radius 3 is 3.00 bits per heavy atom. The van der Waals surface area contributed by atoms with Crippen LogP contribution >= 0.6 is 34.9 Å². The molecule has 0 aliphatic carbocycles. The Morgan fingerprint density at radius 1 is 1.58 bits per heavy atom. The van der Waals surface area contributed by atoms with Gasteiger partial charge in [-0.2, -0.15) is 4.37 Å². The molecule has 1 heterocycles. The summed E-state index contributed by atoms with van der Waals surface area (Å²) in [7, 11) is 0. The maximum Gasteiger partial charge on any atom is 0.174 e. The number of hydrogen-bond acceptors (Lipinski definition) is 6. The van der Waals surface area contributed by atoms with Gasteiger partial charge in [-0.25, -0.2) is 4.98 Å². The Labute approximate surface area is 123 Å². The van der Waals surface area contributed by atoms with Gasteiger partial charge in [0.1, 0.15) is 5.82 Å². The zero-order valence-corrected chi connectivity index (χ0v) is 12.4. The summed E-state index contributed by atoms with van der Waals surface area (Å²) in [5, 5.41) is 12.3. The predicted molar refractivity (Wildman–Crippen MR) is 77.4 cm³/mol. The number of benzene rings is 1.